The average Bonchev–Trinajstić information content (AvgIpc) is 3.19. The Bertz CT molecular complexity index is 1320. The molecule has 0 aliphatic rings. The van der Waals surface area contributed by atoms with Gasteiger partial charge in [0.1, 0.15) is 46.3 Å². The molecule has 0 aliphatic carbocycles. The van der Waals surface area contributed by atoms with Gasteiger partial charge in [0.15, 0.2) is 0 Å². The maximum absolute atomic E-state index is 14.0. The molecule has 0 fully saturated rings. The lowest BCUT2D eigenvalue weighted by Crippen LogP contribution is -2.09. The maximum Gasteiger partial charge on any atom is 0.417 e. The number of methoxy groups -OCH3 is 1. The zero-order valence-corrected chi connectivity index (χ0v) is 18.6. The lowest BCUT2D eigenvalue weighted by atomic mass is 10.1. The molecule has 11 heteroatoms. The fourth-order valence-electron chi connectivity index (χ4n) is 3.11. The highest BCUT2D eigenvalue weighted by atomic mass is 35.5. The number of aromatic nitrogens is 4. The molecule has 0 amide bonds. The molecular formula is C23H17ClF4N4O2. The number of H-pyrrole nitrogens is 1. The molecule has 0 unspecified atom stereocenters. The number of halogens is 5. The van der Waals surface area contributed by atoms with Crippen molar-refractivity contribution in [3.8, 4) is 34.1 Å². The first-order valence-corrected chi connectivity index (χ1v) is 10.2. The van der Waals surface area contributed by atoms with Crippen molar-refractivity contribution in [2.45, 2.75) is 19.7 Å². The van der Waals surface area contributed by atoms with E-state index in [0.29, 0.717) is 40.2 Å². The van der Waals surface area contributed by atoms with Crippen LogP contribution < -0.4 is 9.47 Å². The molecule has 3 aromatic heterocycles. The van der Waals surface area contributed by atoms with E-state index in [-0.39, 0.29) is 18.1 Å². The van der Waals surface area contributed by atoms with Gasteiger partial charge in [-0.15, -0.1) is 0 Å². The van der Waals surface area contributed by atoms with Gasteiger partial charge in [-0.2, -0.15) is 13.2 Å². The number of aryl methyl sites for hydroxylation is 1. The largest absolute Gasteiger partial charge is 0.496 e. The van der Waals surface area contributed by atoms with Crippen LogP contribution in [0.25, 0.3) is 22.6 Å². The van der Waals surface area contributed by atoms with Gasteiger partial charge in [0.25, 0.3) is 0 Å². The number of rotatable bonds is 6. The fourth-order valence-corrected chi connectivity index (χ4v) is 3.34. The SMILES string of the molecule is COc1cc(OCc2ncc(C(F)(F)F)cc2F)ccc1-c1nc(-c2ccc(C)nc2)[nH]c1Cl. The van der Waals surface area contributed by atoms with Crippen LogP contribution in [0.15, 0.2) is 48.8 Å². The third-order valence-corrected chi connectivity index (χ3v) is 5.17. The summed E-state index contributed by atoms with van der Waals surface area (Å²) in [6.07, 6.45) is -2.44. The van der Waals surface area contributed by atoms with E-state index in [2.05, 4.69) is 19.9 Å². The molecule has 4 aromatic rings. The van der Waals surface area contributed by atoms with Gasteiger partial charge in [0, 0.05) is 35.3 Å². The molecule has 1 N–H and O–H groups in total. The predicted octanol–water partition coefficient (Wildman–Crippen LogP) is 6.24. The van der Waals surface area contributed by atoms with E-state index in [1.165, 1.54) is 13.2 Å². The van der Waals surface area contributed by atoms with Crippen LogP contribution >= 0.6 is 11.6 Å². The first kappa shape index (κ1) is 23.5. The van der Waals surface area contributed by atoms with E-state index in [9.17, 15) is 17.6 Å². The van der Waals surface area contributed by atoms with Crippen molar-refractivity contribution >= 4 is 11.6 Å². The smallest absolute Gasteiger partial charge is 0.417 e. The molecule has 0 bridgehead atoms. The second-order valence-electron chi connectivity index (χ2n) is 7.24. The summed E-state index contributed by atoms with van der Waals surface area (Å²) < 4.78 is 63.0. The van der Waals surface area contributed by atoms with Gasteiger partial charge < -0.3 is 14.5 Å². The lowest BCUT2D eigenvalue weighted by molar-refractivity contribution is -0.138. The number of nitrogens with zero attached hydrogens (tertiary/aromatic N) is 3. The van der Waals surface area contributed by atoms with E-state index in [1.807, 2.05) is 19.1 Å². The van der Waals surface area contributed by atoms with Gasteiger partial charge in [-0.1, -0.05) is 11.6 Å². The van der Waals surface area contributed by atoms with Gasteiger partial charge in [0.2, 0.25) is 0 Å². The van der Waals surface area contributed by atoms with Crippen LogP contribution in [0.3, 0.4) is 0 Å². The number of hydrogen-bond acceptors (Lipinski definition) is 5. The number of nitrogens with one attached hydrogen (secondary N) is 1. The second-order valence-corrected chi connectivity index (χ2v) is 7.62. The quantitative estimate of drug-likeness (QED) is 0.322. The molecule has 0 aliphatic heterocycles. The first-order chi connectivity index (χ1) is 16.2. The van der Waals surface area contributed by atoms with Gasteiger partial charge in [-0.25, -0.2) is 9.37 Å². The Hall–Kier alpha value is -3.66. The van der Waals surface area contributed by atoms with Crippen LogP contribution in [0.1, 0.15) is 17.0 Å². The summed E-state index contributed by atoms with van der Waals surface area (Å²) >= 11 is 6.38. The predicted molar refractivity (Wildman–Crippen MR) is 117 cm³/mol. The van der Waals surface area contributed by atoms with E-state index >= 15 is 0 Å². The van der Waals surface area contributed by atoms with Gasteiger partial charge >= 0.3 is 6.18 Å². The van der Waals surface area contributed by atoms with Crippen molar-refractivity contribution in [1.29, 1.82) is 0 Å². The van der Waals surface area contributed by atoms with Crippen LogP contribution in [-0.4, -0.2) is 27.0 Å². The van der Waals surface area contributed by atoms with Crippen LogP contribution in [0, 0.1) is 12.7 Å². The molecule has 0 saturated heterocycles. The minimum atomic E-state index is -4.68. The second kappa shape index (κ2) is 9.30. The summed E-state index contributed by atoms with van der Waals surface area (Å²) in [5.41, 5.74) is 1.20. The van der Waals surface area contributed by atoms with Crippen molar-refractivity contribution in [3.63, 3.8) is 0 Å². The minimum Gasteiger partial charge on any atom is -0.496 e. The zero-order valence-electron chi connectivity index (χ0n) is 17.9. The summed E-state index contributed by atoms with van der Waals surface area (Å²) in [5, 5.41) is 0.290. The number of aromatic amines is 1. The van der Waals surface area contributed by atoms with Crippen LogP contribution in [0.4, 0.5) is 17.6 Å². The van der Waals surface area contributed by atoms with Crippen molar-refractivity contribution in [2.75, 3.05) is 7.11 Å². The molecular weight excluding hydrogens is 476 g/mol. The summed E-state index contributed by atoms with van der Waals surface area (Å²) in [5.74, 6) is 0.0789. The minimum absolute atomic E-state index is 0.261. The number of benzene rings is 1. The van der Waals surface area contributed by atoms with Crippen LogP contribution in [-0.2, 0) is 12.8 Å². The van der Waals surface area contributed by atoms with Crippen LogP contribution in [0.5, 0.6) is 11.5 Å². The third kappa shape index (κ3) is 4.96. The highest BCUT2D eigenvalue weighted by Gasteiger charge is 2.32. The number of hydrogen-bond donors (Lipinski definition) is 1. The lowest BCUT2D eigenvalue weighted by Gasteiger charge is -2.12. The molecule has 4 rings (SSSR count). The summed E-state index contributed by atoms with van der Waals surface area (Å²) in [6.45, 7) is 1.50. The Morgan fingerprint density at radius 2 is 1.85 bits per heavy atom. The summed E-state index contributed by atoms with van der Waals surface area (Å²) in [6, 6.07) is 8.88. The first-order valence-electron chi connectivity index (χ1n) is 9.87. The van der Waals surface area contributed by atoms with Crippen molar-refractivity contribution in [2.24, 2.45) is 0 Å². The van der Waals surface area contributed by atoms with E-state index < -0.39 is 17.6 Å². The Morgan fingerprint density at radius 1 is 1.06 bits per heavy atom. The van der Waals surface area contributed by atoms with Gasteiger partial charge in [-0.3, -0.25) is 9.97 Å². The number of pyridine rings is 2. The number of ether oxygens (including phenoxy) is 2. The highest BCUT2D eigenvalue weighted by molar-refractivity contribution is 6.32. The monoisotopic (exact) mass is 492 g/mol. The van der Waals surface area contributed by atoms with Crippen LogP contribution in [0.2, 0.25) is 5.15 Å². The molecule has 0 saturated carbocycles. The zero-order chi connectivity index (χ0) is 24.5. The Morgan fingerprint density at radius 3 is 2.50 bits per heavy atom. The molecule has 0 atom stereocenters. The topological polar surface area (TPSA) is 72.9 Å². The Labute approximate surface area is 196 Å². The van der Waals surface area contributed by atoms with Gasteiger partial charge in [-0.05, 0) is 37.3 Å². The molecule has 0 spiro atoms. The van der Waals surface area contributed by atoms with E-state index in [0.717, 1.165) is 11.3 Å². The van der Waals surface area contributed by atoms with E-state index in [4.69, 9.17) is 21.1 Å². The Kier molecular flexibility index (Phi) is 6.43. The standard InChI is InChI=1S/C23H17ClF4N4O2/c1-12-3-4-13(9-29-12)22-31-20(21(24)32-22)16-6-5-15(8-19(16)33-2)34-11-18-17(25)7-14(10-30-18)23(26,27)28/h3-10H,11H2,1-2H3,(H,31,32). The molecule has 1 aromatic carbocycles. The number of alkyl halides is 3. The van der Waals surface area contributed by atoms with E-state index in [1.54, 1.807) is 18.3 Å². The summed E-state index contributed by atoms with van der Waals surface area (Å²) in [4.78, 5) is 15.3. The highest BCUT2D eigenvalue weighted by Crippen LogP contribution is 2.37. The number of imidazole rings is 1. The molecule has 34 heavy (non-hydrogen) atoms. The van der Waals surface area contributed by atoms with Crippen molar-refractivity contribution in [1.82, 2.24) is 19.9 Å². The summed E-state index contributed by atoms with van der Waals surface area (Å²) in [7, 11) is 1.45. The molecule has 6 nitrogen and oxygen atoms in total. The van der Waals surface area contributed by atoms with Gasteiger partial charge in [0.05, 0.1) is 12.7 Å². The van der Waals surface area contributed by atoms with Crippen molar-refractivity contribution in [3.05, 3.63) is 76.7 Å². The molecule has 176 valence electrons. The fraction of sp³-hybridized carbons (Fsp3) is 0.174. The van der Waals surface area contributed by atoms with Crippen molar-refractivity contribution < 1.29 is 27.0 Å². The molecule has 0 radical (unpaired) electrons. The Balaban J connectivity index is 1.55. The normalized spacial score (nSPS) is 11.5. The third-order valence-electron chi connectivity index (χ3n) is 4.89. The average molecular weight is 493 g/mol. The maximum atomic E-state index is 14.0. The molecule has 3 heterocycles.